The second-order valence-corrected chi connectivity index (χ2v) is 7.22. The predicted molar refractivity (Wildman–Crippen MR) is 91.0 cm³/mol. The third kappa shape index (κ3) is 3.70. The van der Waals surface area contributed by atoms with E-state index in [0.717, 1.165) is 36.9 Å². The van der Waals surface area contributed by atoms with Crippen molar-refractivity contribution >= 4 is 11.8 Å². The number of aromatic nitrogens is 3. The van der Waals surface area contributed by atoms with Crippen LogP contribution >= 0.6 is 11.8 Å². The molecular weight excluding hydrogens is 292 g/mol. The minimum absolute atomic E-state index is 0.626. The summed E-state index contributed by atoms with van der Waals surface area (Å²) < 4.78 is 2.16. The number of benzene rings is 1. The van der Waals surface area contributed by atoms with Crippen molar-refractivity contribution in [3.8, 4) is 0 Å². The molecule has 5 heteroatoms. The zero-order valence-corrected chi connectivity index (χ0v) is 14.2. The van der Waals surface area contributed by atoms with Gasteiger partial charge >= 0.3 is 0 Å². The van der Waals surface area contributed by atoms with E-state index in [-0.39, 0.29) is 0 Å². The largest absolute Gasteiger partial charge is 0.309 e. The lowest BCUT2D eigenvalue weighted by molar-refractivity contribution is 0.332. The normalized spacial score (nSPS) is 18.9. The number of hydrogen-bond acceptors (Lipinski definition) is 4. The Kier molecular flexibility index (Phi) is 5.16. The van der Waals surface area contributed by atoms with Gasteiger partial charge in [0.25, 0.3) is 0 Å². The van der Waals surface area contributed by atoms with Crippen molar-refractivity contribution in [3.63, 3.8) is 0 Å². The summed E-state index contributed by atoms with van der Waals surface area (Å²) in [5, 5.41) is 10.4. The highest BCUT2D eigenvalue weighted by Gasteiger charge is 2.25. The smallest absolute Gasteiger partial charge is 0.191 e. The van der Waals surface area contributed by atoms with Crippen molar-refractivity contribution in [3.05, 3.63) is 41.7 Å². The van der Waals surface area contributed by atoms with E-state index in [1.54, 1.807) is 0 Å². The van der Waals surface area contributed by atoms with E-state index in [2.05, 4.69) is 64.0 Å². The van der Waals surface area contributed by atoms with Gasteiger partial charge in [0.05, 0.1) is 0 Å². The highest BCUT2D eigenvalue weighted by molar-refractivity contribution is 7.99. The molecule has 2 aromatic rings. The van der Waals surface area contributed by atoms with Crippen LogP contribution in [0, 0.1) is 0 Å². The van der Waals surface area contributed by atoms with Crippen molar-refractivity contribution in [1.29, 1.82) is 0 Å². The number of likely N-dealkylation sites (tertiary alicyclic amines) is 1. The van der Waals surface area contributed by atoms with Gasteiger partial charge in [-0.3, -0.25) is 4.90 Å². The summed E-state index contributed by atoms with van der Waals surface area (Å²) in [6.07, 6.45) is 3.35. The summed E-state index contributed by atoms with van der Waals surface area (Å²) in [6, 6.07) is 10.7. The molecule has 0 spiro atoms. The van der Waals surface area contributed by atoms with E-state index >= 15 is 0 Å². The van der Waals surface area contributed by atoms with Gasteiger partial charge < -0.3 is 4.57 Å². The summed E-state index contributed by atoms with van der Waals surface area (Å²) in [4.78, 5) is 2.54. The molecule has 1 atom stereocenters. The Morgan fingerprint density at radius 1 is 1.23 bits per heavy atom. The van der Waals surface area contributed by atoms with E-state index in [9.17, 15) is 0 Å². The summed E-state index contributed by atoms with van der Waals surface area (Å²) in [5.74, 6) is 1.10. The zero-order chi connectivity index (χ0) is 15.4. The lowest BCUT2D eigenvalue weighted by Gasteiger charge is -2.15. The Balaban J connectivity index is 1.55. The summed E-state index contributed by atoms with van der Waals surface area (Å²) in [7, 11) is 2.09. The Morgan fingerprint density at radius 2 is 2.05 bits per heavy atom. The fourth-order valence-corrected chi connectivity index (χ4v) is 4.07. The highest BCUT2D eigenvalue weighted by atomic mass is 32.2. The van der Waals surface area contributed by atoms with Gasteiger partial charge in [0, 0.05) is 31.8 Å². The van der Waals surface area contributed by atoms with E-state index in [4.69, 9.17) is 0 Å². The van der Waals surface area contributed by atoms with E-state index < -0.39 is 0 Å². The Bertz CT molecular complexity index is 596. The standard InChI is InChI=1S/C17H24N4S/c1-3-7-16-18-19-17(20(16)2)22-15-10-11-21(13-15)12-14-8-5-4-6-9-14/h4-6,8-9,15H,3,7,10-13H2,1-2H3. The Hall–Kier alpha value is -1.33. The van der Waals surface area contributed by atoms with Crippen LogP contribution in [0.25, 0.3) is 0 Å². The van der Waals surface area contributed by atoms with Crippen LogP contribution in [0.5, 0.6) is 0 Å². The first-order valence-corrected chi connectivity index (χ1v) is 8.95. The molecule has 4 nitrogen and oxygen atoms in total. The summed E-state index contributed by atoms with van der Waals surface area (Å²) >= 11 is 1.89. The van der Waals surface area contributed by atoms with Gasteiger partial charge in [-0.15, -0.1) is 10.2 Å². The lowest BCUT2D eigenvalue weighted by atomic mass is 10.2. The maximum absolute atomic E-state index is 4.36. The van der Waals surface area contributed by atoms with Crippen LogP contribution in [0.3, 0.4) is 0 Å². The minimum Gasteiger partial charge on any atom is -0.309 e. The van der Waals surface area contributed by atoms with Gasteiger partial charge in [0.15, 0.2) is 5.16 Å². The third-order valence-electron chi connectivity index (χ3n) is 4.15. The predicted octanol–water partition coefficient (Wildman–Crippen LogP) is 3.13. The number of thioether (sulfide) groups is 1. The molecular formula is C17H24N4S. The molecule has 1 aliphatic heterocycles. The zero-order valence-electron chi connectivity index (χ0n) is 13.4. The van der Waals surface area contributed by atoms with E-state index in [1.807, 2.05) is 11.8 Å². The molecule has 1 fully saturated rings. The maximum Gasteiger partial charge on any atom is 0.191 e. The average Bonchev–Trinajstić information content (AvgIpc) is 3.10. The van der Waals surface area contributed by atoms with Crippen LogP contribution in [0.1, 0.15) is 31.2 Å². The topological polar surface area (TPSA) is 34.0 Å². The van der Waals surface area contributed by atoms with Crippen LogP contribution in [-0.2, 0) is 20.0 Å². The van der Waals surface area contributed by atoms with Gasteiger partial charge in [-0.2, -0.15) is 0 Å². The number of aryl methyl sites for hydroxylation is 1. The monoisotopic (exact) mass is 316 g/mol. The molecule has 1 aromatic carbocycles. The number of nitrogens with zero attached hydrogens (tertiary/aromatic N) is 4. The number of rotatable bonds is 6. The average molecular weight is 316 g/mol. The molecule has 2 heterocycles. The molecule has 1 saturated heterocycles. The summed E-state index contributed by atoms with van der Waals surface area (Å²) in [6.45, 7) is 5.54. The van der Waals surface area contributed by atoms with Crippen molar-refractivity contribution in [2.45, 2.75) is 43.1 Å². The van der Waals surface area contributed by atoms with Crippen molar-refractivity contribution in [2.24, 2.45) is 7.05 Å². The van der Waals surface area contributed by atoms with Crippen molar-refractivity contribution in [1.82, 2.24) is 19.7 Å². The van der Waals surface area contributed by atoms with Crippen LogP contribution in [0.4, 0.5) is 0 Å². The quantitative estimate of drug-likeness (QED) is 0.820. The molecule has 3 rings (SSSR count). The fraction of sp³-hybridized carbons (Fsp3) is 0.529. The van der Waals surface area contributed by atoms with E-state index in [1.165, 1.54) is 18.5 Å². The molecule has 1 unspecified atom stereocenters. The SMILES string of the molecule is CCCc1nnc(SC2CCN(Cc3ccccc3)C2)n1C. The van der Waals surface area contributed by atoms with Crippen molar-refractivity contribution in [2.75, 3.05) is 13.1 Å². The third-order valence-corrected chi connectivity index (χ3v) is 5.43. The second kappa shape index (κ2) is 7.29. The van der Waals surface area contributed by atoms with Crippen molar-refractivity contribution < 1.29 is 0 Å². The van der Waals surface area contributed by atoms with Crippen LogP contribution < -0.4 is 0 Å². The molecule has 0 saturated carbocycles. The van der Waals surface area contributed by atoms with E-state index in [0.29, 0.717) is 5.25 Å². The molecule has 0 radical (unpaired) electrons. The maximum atomic E-state index is 4.36. The first-order valence-electron chi connectivity index (χ1n) is 8.07. The second-order valence-electron chi connectivity index (χ2n) is 5.96. The lowest BCUT2D eigenvalue weighted by Crippen LogP contribution is -2.20. The first kappa shape index (κ1) is 15.6. The van der Waals surface area contributed by atoms with Gasteiger partial charge in [0.2, 0.25) is 0 Å². The molecule has 118 valence electrons. The van der Waals surface area contributed by atoms with Gasteiger partial charge in [0.1, 0.15) is 5.82 Å². The molecule has 22 heavy (non-hydrogen) atoms. The van der Waals surface area contributed by atoms with Crippen LogP contribution in [0.2, 0.25) is 0 Å². The van der Waals surface area contributed by atoms with Crippen LogP contribution in [0.15, 0.2) is 35.5 Å². The fourth-order valence-electron chi connectivity index (χ4n) is 2.92. The molecule has 1 aliphatic rings. The minimum atomic E-state index is 0.626. The number of hydrogen-bond donors (Lipinski definition) is 0. The molecule has 0 bridgehead atoms. The molecule has 0 N–H and O–H groups in total. The van der Waals surface area contributed by atoms with Gasteiger partial charge in [-0.05, 0) is 24.9 Å². The first-order chi connectivity index (χ1) is 10.8. The Morgan fingerprint density at radius 3 is 2.82 bits per heavy atom. The molecule has 1 aromatic heterocycles. The molecule has 0 aliphatic carbocycles. The van der Waals surface area contributed by atoms with Gasteiger partial charge in [-0.25, -0.2) is 0 Å². The van der Waals surface area contributed by atoms with Gasteiger partial charge in [-0.1, -0.05) is 49.0 Å². The summed E-state index contributed by atoms with van der Waals surface area (Å²) in [5.41, 5.74) is 1.40. The molecule has 0 amide bonds. The van der Waals surface area contributed by atoms with Crippen LogP contribution in [-0.4, -0.2) is 38.0 Å². The highest BCUT2D eigenvalue weighted by Crippen LogP contribution is 2.29. The Labute approximate surface area is 136 Å².